The second-order valence-corrected chi connectivity index (χ2v) is 5.03. The molecule has 0 aliphatic carbocycles. The monoisotopic (exact) mass is 284 g/mol. The maximum atomic E-state index is 13.9. The first-order valence-corrected chi connectivity index (χ1v) is 5.96. The van der Waals surface area contributed by atoms with Crippen molar-refractivity contribution in [2.45, 2.75) is 26.4 Å². The van der Waals surface area contributed by atoms with Crippen LogP contribution in [0.4, 0.5) is 10.1 Å². The summed E-state index contributed by atoms with van der Waals surface area (Å²) in [6.45, 7) is 5.03. The fourth-order valence-corrected chi connectivity index (χ4v) is 1.48. The highest BCUT2D eigenvalue weighted by molar-refractivity contribution is 5.95. The van der Waals surface area contributed by atoms with Gasteiger partial charge in [0.1, 0.15) is 5.82 Å². The van der Waals surface area contributed by atoms with Crippen LogP contribution in [0.15, 0.2) is 12.1 Å². The molecule has 0 atom stereocenters. The third kappa shape index (κ3) is 3.74. The molecule has 1 rings (SSSR count). The van der Waals surface area contributed by atoms with E-state index < -0.39 is 22.2 Å². The predicted molar refractivity (Wildman–Crippen MR) is 71.2 cm³/mol. The molecule has 0 radical (unpaired) electrons. The lowest BCUT2D eigenvalue weighted by molar-refractivity contribution is -0.385. The molecule has 6 nitrogen and oxygen atoms in total. The summed E-state index contributed by atoms with van der Waals surface area (Å²) in [5.74, 6) is -1.47. The number of aryl methyl sites for hydroxylation is 1. The fourth-order valence-electron chi connectivity index (χ4n) is 1.48. The van der Waals surface area contributed by atoms with Crippen molar-refractivity contribution < 1.29 is 18.8 Å². The molecule has 1 aromatic rings. The minimum atomic E-state index is -0.761. The molecule has 0 heterocycles. The molecule has 1 aromatic carbocycles. The molecule has 110 valence electrons. The van der Waals surface area contributed by atoms with Gasteiger partial charge in [0.2, 0.25) is 0 Å². The number of hydrogen-bond acceptors (Lipinski definition) is 4. The zero-order valence-corrected chi connectivity index (χ0v) is 11.8. The normalized spacial score (nSPS) is 11.2. The van der Waals surface area contributed by atoms with Crippen molar-refractivity contribution in [2.24, 2.45) is 0 Å². The minimum Gasteiger partial charge on any atom is -0.377 e. The highest BCUT2D eigenvalue weighted by Gasteiger charge is 2.22. The van der Waals surface area contributed by atoms with Crippen LogP contribution in [-0.4, -0.2) is 30.1 Å². The van der Waals surface area contributed by atoms with Crippen LogP contribution < -0.4 is 5.32 Å². The van der Waals surface area contributed by atoms with Crippen LogP contribution in [0.1, 0.15) is 29.8 Å². The molecule has 1 amide bonds. The zero-order chi connectivity index (χ0) is 15.5. The summed E-state index contributed by atoms with van der Waals surface area (Å²) in [6, 6.07) is 2.02. The summed E-state index contributed by atoms with van der Waals surface area (Å²) in [7, 11) is 1.49. The number of amides is 1. The Bertz CT molecular complexity index is 543. The van der Waals surface area contributed by atoms with Gasteiger partial charge in [-0.1, -0.05) is 0 Å². The number of nitro benzene ring substituents is 1. The standard InChI is InChI=1S/C13H17FN2O4/c1-8-5-9(16(18)19)6-10(11(8)14)12(17)15-7-13(2,3)20-4/h5-6H,7H2,1-4H3,(H,15,17). The van der Waals surface area contributed by atoms with Crippen LogP contribution in [0.2, 0.25) is 0 Å². The number of ether oxygens (including phenoxy) is 1. The van der Waals surface area contributed by atoms with Gasteiger partial charge in [0.05, 0.1) is 16.1 Å². The molecule has 0 fully saturated rings. The average Bonchev–Trinajstić information content (AvgIpc) is 2.38. The maximum Gasteiger partial charge on any atom is 0.270 e. The van der Waals surface area contributed by atoms with Crippen LogP contribution in [-0.2, 0) is 4.74 Å². The predicted octanol–water partition coefficient (Wildman–Crippen LogP) is 2.20. The number of hydrogen-bond donors (Lipinski definition) is 1. The van der Waals surface area contributed by atoms with E-state index in [1.54, 1.807) is 13.8 Å². The highest BCUT2D eigenvalue weighted by Crippen LogP contribution is 2.21. The van der Waals surface area contributed by atoms with Crippen molar-refractivity contribution >= 4 is 11.6 Å². The molecule has 7 heteroatoms. The Hall–Kier alpha value is -2.02. The Balaban J connectivity index is 3.01. The van der Waals surface area contributed by atoms with Gasteiger partial charge >= 0.3 is 0 Å². The number of nitro groups is 1. The van der Waals surface area contributed by atoms with Crippen LogP contribution in [0.25, 0.3) is 0 Å². The van der Waals surface area contributed by atoms with Crippen LogP contribution in [0, 0.1) is 22.9 Å². The molecule has 0 unspecified atom stereocenters. The van der Waals surface area contributed by atoms with Gasteiger partial charge in [-0.15, -0.1) is 0 Å². The van der Waals surface area contributed by atoms with Gasteiger partial charge in [0.15, 0.2) is 0 Å². The maximum absolute atomic E-state index is 13.9. The van der Waals surface area contributed by atoms with E-state index in [0.717, 1.165) is 12.1 Å². The van der Waals surface area contributed by atoms with E-state index in [0.29, 0.717) is 0 Å². The fraction of sp³-hybridized carbons (Fsp3) is 0.462. The van der Waals surface area contributed by atoms with E-state index in [-0.39, 0.29) is 23.4 Å². The zero-order valence-electron chi connectivity index (χ0n) is 11.8. The van der Waals surface area contributed by atoms with Gasteiger partial charge in [-0.3, -0.25) is 14.9 Å². The van der Waals surface area contributed by atoms with E-state index in [1.807, 2.05) is 0 Å². The van der Waals surface area contributed by atoms with Crippen molar-refractivity contribution in [1.29, 1.82) is 0 Å². The molecule has 0 spiro atoms. The van der Waals surface area contributed by atoms with E-state index in [4.69, 9.17) is 4.74 Å². The van der Waals surface area contributed by atoms with Crippen molar-refractivity contribution in [1.82, 2.24) is 5.32 Å². The van der Waals surface area contributed by atoms with E-state index in [9.17, 15) is 19.3 Å². The van der Waals surface area contributed by atoms with Gasteiger partial charge in [-0.05, 0) is 26.3 Å². The SMILES string of the molecule is COC(C)(C)CNC(=O)c1cc([N+](=O)[O-])cc(C)c1F. The molecule has 0 aliphatic heterocycles. The van der Waals surface area contributed by atoms with Gasteiger partial charge in [0.25, 0.3) is 11.6 Å². The number of carbonyl (C=O) groups excluding carboxylic acids is 1. The molecule has 0 aromatic heterocycles. The Kier molecular flexibility index (Phi) is 4.78. The Labute approximate surface area is 116 Å². The molecule has 0 aliphatic rings. The lowest BCUT2D eigenvalue weighted by Gasteiger charge is -2.23. The van der Waals surface area contributed by atoms with Crippen molar-refractivity contribution in [3.05, 3.63) is 39.2 Å². The smallest absolute Gasteiger partial charge is 0.270 e. The number of benzene rings is 1. The summed E-state index contributed by atoms with van der Waals surface area (Å²) in [5.41, 5.74) is -1.22. The van der Waals surface area contributed by atoms with Gasteiger partial charge in [0, 0.05) is 25.8 Å². The third-order valence-corrected chi connectivity index (χ3v) is 2.92. The van der Waals surface area contributed by atoms with Crippen molar-refractivity contribution in [2.75, 3.05) is 13.7 Å². The Morgan fingerprint density at radius 3 is 2.60 bits per heavy atom. The van der Waals surface area contributed by atoms with Crippen LogP contribution in [0.3, 0.4) is 0 Å². The van der Waals surface area contributed by atoms with E-state index >= 15 is 0 Å². The van der Waals surface area contributed by atoms with Crippen LogP contribution in [0.5, 0.6) is 0 Å². The molecule has 1 N–H and O–H groups in total. The summed E-state index contributed by atoms with van der Waals surface area (Å²) in [5, 5.41) is 13.2. The van der Waals surface area contributed by atoms with Gasteiger partial charge in [-0.25, -0.2) is 4.39 Å². The largest absolute Gasteiger partial charge is 0.377 e. The highest BCUT2D eigenvalue weighted by atomic mass is 19.1. The minimum absolute atomic E-state index is 0.0513. The Morgan fingerprint density at radius 2 is 2.10 bits per heavy atom. The lowest BCUT2D eigenvalue weighted by atomic mass is 10.1. The first-order valence-electron chi connectivity index (χ1n) is 5.96. The summed E-state index contributed by atoms with van der Waals surface area (Å²) in [6.07, 6.45) is 0. The van der Waals surface area contributed by atoms with Gasteiger partial charge in [-0.2, -0.15) is 0 Å². The second kappa shape index (κ2) is 5.96. The number of nitrogens with zero attached hydrogens (tertiary/aromatic N) is 1. The third-order valence-electron chi connectivity index (χ3n) is 2.92. The topological polar surface area (TPSA) is 81.5 Å². The Morgan fingerprint density at radius 1 is 1.50 bits per heavy atom. The van der Waals surface area contributed by atoms with E-state index in [1.165, 1.54) is 14.0 Å². The quantitative estimate of drug-likeness (QED) is 0.663. The summed E-state index contributed by atoms with van der Waals surface area (Å²) in [4.78, 5) is 22.0. The average molecular weight is 284 g/mol. The van der Waals surface area contributed by atoms with Crippen LogP contribution >= 0.6 is 0 Å². The first kappa shape index (κ1) is 16.0. The van der Waals surface area contributed by atoms with Crippen molar-refractivity contribution in [3.63, 3.8) is 0 Å². The lowest BCUT2D eigenvalue weighted by Crippen LogP contribution is -2.40. The number of methoxy groups -OCH3 is 1. The van der Waals surface area contributed by atoms with E-state index in [2.05, 4.69) is 5.32 Å². The molecule has 0 saturated carbocycles. The first-order chi connectivity index (χ1) is 9.18. The summed E-state index contributed by atoms with van der Waals surface area (Å²) >= 11 is 0. The number of carbonyl (C=O) groups is 1. The molecule has 0 saturated heterocycles. The number of halogens is 1. The second-order valence-electron chi connectivity index (χ2n) is 5.03. The molecular formula is C13H17FN2O4. The number of non-ortho nitro benzene ring substituents is 1. The summed E-state index contributed by atoms with van der Waals surface area (Å²) < 4.78 is 19.0. The molecular weight excluding hydrogens is 267 g/mol. The number of rotatable bonds is 5. The molecule has 0 bridgehead atoms. The molecule has 20 heavy (non-hydrogen) atoms. The number of nitrogens with one attached hydrogen (secondary N) is 1. The van der Waals surface area contributed by atoms with Gasteiger partial charge < -0.3 is 10.1 Å². The van der Waals surface area contributed by atoms with Crippen molar-refractivity contribution in [3.8, 4) is 0 Å².